The minimum Gasteiger partial charge on any atom is -0.507 e. The molecule has 9 heteroatoms. The molecule has 9 nitrogen and oxygen atoms in total. The zero-order valence-corrected chi connectivity index (χ0v) is 21.2. The zero-order valence-electron chi connectivity index (χ0n) is 21.2. The zero-order chi connectivity index (χ0) is 26.4. The van der Waals surface area contributed by atoms with E-state index in [1.807, 2.05) is 26.0 Å². The number of carbonyl (C=O) groups is 3. The molecule has 4 atom stereocenters. The number of carbonyl (C=O) groups excluding carboxylic acids is 3. The van der Waals surface area contributed by atoms with Gasteiger partial charge in [-0.15, -0.1) is 0 Å². The Morgan fingerprint density at radius 2 is 1.81 bits per heavy atom. The molecule has 3 aliphatic rings. The molecule has 1 aromatic carbocycles. The Hall–Kier alpha value is -3.17. The standard InChI is InChI=1S/C27H34N2O7/c1-5-10-35-17-9-7-8-14-12-15-13-16-21(29(3)4)23(36-11-6-2)20(26(28)33)25(32)27(16,34)24(31)19(15)22(30)18(14)17/h7-9,15-16,21,30,34H,5-6,10-13H2,1-4H3,(H2,28,33)/t15-,16-,21-,27-/m0/s1. The van der Waals surface area contributed by atoms with E-state index >= 15 is 0 Å². The number of benzene rings is 1. The lowest BCUT2D eigenvalue weighted by atomic mass is 9.57. The van der Waals surface area contributed by atoms with Gasteiger partial charge in [0.25, 0.3) is 5.91 Å². The first-order chi connectivity index (χ1) is 17.1. The third kappa shape index (κ3) is 3.81. The number of fused-ring (bicyclic) bond motifs is 3. The van der Waals surface area contributed by atoms with E-state index in [2.05, 4.69) is 0 Å². The number of likely N-dealkylation sites (N-methyl/N-ethyl adjacent to an activating group) is 1. The normalized spacial score (nSPS) is 27.6. The third-order valence-electron chi connectivity index (χ3n) is 7.34. The highest BCUT2D eigenvalue weighted by molar-refractivity contribution is 6.33. The van der Waals surface area contributed by atoms with Crippen LogP contribution >= 0.6 is 0 Å². The van der Waals surface area contributed by atoms with Crippen molar-refractivity contribution < 1.29 is 34.1 Å². The maximum Gasteiger partial charge on any atom is 0.255 e. The van der Waals surface area contributed by atoms with Crippen LogP contribution < -0.4 is 10.5 Å². The second kappa shape index (κ2) is 9.71. The molecule has 0 bridgehead atoms. The SMILES string of the molecule is CCCOC1=C(C(N)=O)C(=O)[C@@]2(O)C(=O)C3=C(O)c4c(cccc4OCCC)C[C@H]3C[C@H]2[C@@H]1N(C)C. The van der Waals surface area contributed by atoms with Gasteiger partial charge >= 0.3 is 0 Å². The molecule has 36 heavy (non-hydrogen) atoms. The molecule has 0 aromatic heterocycles. The number of nitrogens with two attached hydrogens (primary N) is 1. The van der Waals surface area contributed by atoms with Gasteiger partial charge in [-0.2, -0.15) is 0 Å². The lowest BCUT2D eigenvalue weighted by Gasteiger charge is -2.50. The lowest BCUT2D eigenvalue weighted by Crippen LogP contribution is -2.67. The molecule has 0 spiro atoms. The smallest absolute Gasteiger partial charge is 0.255 e. The van der Waals surface area contributed by atoms with Crippen LogP contribution in [-0.2, 0) is 25.5 Å². The first kappa shape index (κ1) is 25.9. The van der Waals surface area contributed by atoms with Crippen molar-refractivity contribution in [3.8, 4) is 5.75 Å². The van der Waals surface area contributed by atoms with Crippen LogP contribution in [0.25, 0.3) is 5.76 Å². The Morgan fingerprint density at radius 3 is 2.42 bits per heavy atom. The van der Waals surface area contributed by atoms with E-state index < -0.39 is 46.5 Å². The van der Waals surface area contributed by atoms with E-state index in [1.54, 1.807) is 25.1 Å². The number of hydrogen-bond acceptors (Lipinski definition) is 8. The number of amides is 1. The van der Waals surface area contributed by atoms with Gasteiger partial charge in [0.05, 0.1) is 24.8 Å². The summed E-state index contributed by atoms with van der Waals surface area (Å²) in [5.41, 5.74) is 3.73. The number of ether oxygens (including phenoxy) is 2. The van der Waals surface area contributed by atoms with Crippen LogP contribution in [0.3, 0.4) is 0 Å². The Balaban J connectivity index is 1.90. The number of aliphatic hydroxyl groups excluding tert-OH is 1. The molecule has 194 valence electrons. The van der Waals surface area contributed by atoms with Crippen molar-refractivity contribution in [2.45, 2.75) is 51.2 Å². The fraction of sp³-hybridized carbons (Fsp3) is 0.519. The second-order valence-electron chi connectivity index (χ2n) is 9.93. The molecule has 0 heterocycles. The molecule has 4 rings (SSSR count). The van der Waals surface area contributed by atoms with Gasteiger partial charge in [-0.25, -0.2) is 0 Å². The quantitative estimate of drug-likeness (QED) is 0.365. The van der Waals surface area contributed by atoms with Gasteiger partial charge in [0.2, 0.25) is 11.6 Å². The van der Waals surface area contributed by atoms with Gasteiger partial charge in [0.1, 0.15) is 22.8 Å². The Kier molecular flexibility index (Phi) is 6.99. The van der Waals surface area contributed by atoms with Crippen LogP contribution in [0.4, 0.5) is 0 Å². The van der Waals surface area contributed by atoms with Crippen LogP contribution in [-0.4, -0.2) is 71.5 Å². The average Bonchev–Trinajstić information content (AvgIpc) is 2.82. The van der Waals surface area contributed by atoms with Crippen molar-refractivity contribution in [3.05, 3.63) is 46.2 Å². The molecule has 1 aromatic rings. The van der Waals surface area contributed by atoms with Gasteiger partial charge < -0.3 is 25.4 Å². The number of nitrogens with zero attached hydrogens (tertiary/aromatic N) is 1. The van der Waals surface area contributed by atoms with Crippen molar-refractivity contribution in [2.75, 3.05) is 27.3 Å². The molecule has 1 saturated carbocycles. The summed E-state index contributed by atoms with van der Waals surface area (Å²) in [6, 6.07) is 4.70. The molecular weight excluding hydrogens is 464 g/mol. The third-order valence-corrected chi connectivity index (χ3v) is 7.34. The summed E-state index contributed by atoms with van der Waals surface area (Å²) in [6.45, 7) is 4.52. The average molecular weight is 499 g/mol. The first-order valence-electron chi connectivity index (χ1n) is 12.4. The maximum atomic E-state index is 14.0. The highest BCUT2D eigenvalue weighted by Gasteiger charge is 2.65. The van der Waals surface area contributed by atoms with Crippen molar-refractivity contribution >= 4 is 23.2 Å². The number of hydrogen-bond donors (Lipinski definition) is 3. The van der Waals surface area contributed by atoms with Gasteiger partial charge in [-0.05, 0) is 57.3 Å². The number of primary amides is 1. The van der Waals surface area contributed by atoms with Crippen LogP contribution in [0.15, 0.2) is 35.1 Å². The van der Waals surface area contributed by atoms with E-state index in [0.29, 0.717) is 30.8 Å². The second-order valence-corrected chi connectivity index (χ2v) is 9.93. The van der Waals surface area contributed by atoms with Gasteiger partial charge in [-0.3, -0.25) is 19.3 Å². The Labute approximate surface area is 210 Å². The van der Waals surface area contributed by atoms with E-state index in [9.17, 15) is 24.6 Å². The van der Waals surface area contributed by atoms with Crippen LogP contribution in [0, 0.1) is 11.8 Å². The van der Waals surface area contributed by atoms with Gasteiger partial charge in [0, 0.05) is 11.5 Å². The predicted molar refractivity (Wildman–Crippen MR) is 132 cm³/mol. The van der Waals surface area contributed by atoms with E-state index in [0.717, 1.165) is 12.0 Å². The summed E-state index contributed by atoms with van der Waals surface area (Å²) < 4.78 is 11.7. The molecule has 1 amide bonds. The van der Waals surface area contributed by atoms with Gasteiger partial charge in [-0.1, -0.05) is 26.0 Å². The largest absolute Gasteiger partial charge is 0.507 e. The highest BCUT2D eigenvalue weighted by Crippen LogP contribution is 2.52. The first-order valence-corrected chi connectivity index (χ1v) is 12.4. The fourth-order valence-corrected chi connectivity index (χ4v) is 5.85. The molecule has 1 fully saturated rings. The molecule has 0 unspecified atom stereocenters. The summed E-state index contributed by atoms with van der Waals surface area (Å²) in [7, 11) is 3.46. The molecule has 0 saturated heterocycles. The molecule has 4 N–H and O–H groups in total. The molecule has 0 radical (unpaired) electrons. The van der Waals surface area contributed by atoms with E-state index in [4.69, 9.17) is 15.2 Å². The van der Waals surface area contributed by atoms with Crippen molar-refractivity contribution in [1.82, 2.24) is 4.90 Å². The van der Waals surface area contributed by atoms with Crippen molar-refractivity contribution in [3.63, 3.8) is 0 Å². The lowest BCUT2D eigenvalue weighted by molar-refractivity contribution is -0.162. The monoisotopic (exact) mass is 498 g/mol. The number of Topliss-reactive ketones (excluding diaryl/α,β-unsaturated/α-hetero) is 2. The van der Waals surface area contributed by atoms with Crippen LogP contribution in [0.2, 0.25) is 0 Å². The fourth-order valence-electron chi connectivity index (χ4n) is 5.85. The summed E-state index contributed by atoms with van der Waals surface area (Å²) in [4.78, 5) is 41.8. The van der Waals surface area contributed by atoms with Crippen molar-refractivity contribution in [2.24, 2.45) is 17.6 Å². The molecular formula is C27H34N2O7. The molecule has 0 aliphatic heterocycles. The number of aliphatic hydroxyl groups is 2. The topological polar surface area (TPSA) is 139 Å². The summed E-state index contributed by atoms with van der Waals surface area (Å²) in [5, 5.41) is 23.2. The Bertz CT molecular complexity index is 1170. The minimum absolute atomic E-state index is 0.0126. The van der Waals surface area contributed by atoms with Gasteiger partial charge in [0.15, 0.2) is 5.60 Å². The highest BCUT2D eigenvalue weighted by atomic mass is 16.5. The van der Waals surface area contributed by atoms with Crippen LogP contribution in [0.5, 0.6) is 5.75 Å². The minimum atomic E-state index is -2.56. The summed E-state index contributed by atoms with van der Waals surface area (Å²) in [5.74, 6) is -4.14. The summed E-state index contributed by atoms with van der Waals surface area (Å²) >= 11 is 0. The number of rotatable bonds is 8. The number of ketones is 2. The summed E-state index contributed by atoms with van der Waals surface area (Å²) in [6.07, 6.45) is 2.04. The molecule has 3 aliphatic carbocycles. The van der Waals surface area contributed by atoms with E-state index in [1.165, 1.54) is 0 Å². The maximum absolute atomic E-state index is 14.0. The predicted octanol–water partition coefficient (Wildman–Crippen LogP) is 1.92. The van der Waals surface area contributed by atoms with Crippen LogP contribution in [0.1, 0.15) is 44.2 Å². The Morgan fingerprint density at radius 1 is 1.14 bits per heavy atom. The van der Waals surface area contributed by atoms with E-state index in [-0.39, 0.29) is 30.1 Å². The van der Waals surface area contributed by atoms with Crippen molar-refractivity contribution in [1.29, 1.82) is 0 Å².